The molecule has 144 valence electrons. The van der Waals surface area contributed by atoms with Crippen LogP contribution in [0.5, 0.6) is 0 Å². The molecule has 0 fully saturated rings. The first kappa shape index (κ1) is 17.2. The molecule has 28 heavy (non-hydrogen) atoms. The van der Waals surface area contributed by atoms with E-state index < -0.39 is 0 Å². The Bertz CT molecular complexity index is 1030. The van der Waals surface area contributed by atoms with E-state index in [2.05, 4.69) is 34.6 Å². The van der Waals surface area contributed by atoms with Crippen LogP contribution in [0, 0.1) is 6.92 Å². The van der Waals surface area contributed by atoms with Gasteiger partial charge >= 0.3 is 0 Å². The van der Waals surface area contributed by atoms with Crippen LogP contribution in [0.4, 0.5) is 0 Å². The van der Waals surface area contributed by atoms with Gasteiger partial charge in [-0.2, -0.15) is 5.10 Å². The highest BCUT2D eigenvalue weighted by Gasteiger charge is 2.29. The van der Waals surface area contributed by atoms with E-state index in [9.17, 15) is 4.79 Å². The van der Waals surface area contributed by atoms with Crippen molar-refractivity contribution in [3.05, 3.63) is 64.3 Å². The van der Waals surface area contributed by atoms with E-state index >= 15 is 0 Å². The molecule has 0 aliphatic heterocycles. The summed E-state index contributed by atoms with van der Waals surface area (Å²) >= 11 is 0. The first-order valence-corrected chi connectivity index (χ1v) is 10.1. The van der Waals surface area contributed by atoms with Gasteiger partial charge in [-0.05, 0) is 57.1 Å². The third-order valence-corrected chi connectivity index (χ3v) is 6.00. The number of aryl methyl sites for hydroxylation is 2. The van der Waals surface area contributed by atoms with Gasteiger partial charge in [-0.1, -0.05) is 23.4 Å². The molecule has 0 saturated carbocycles. The fourth-order valence-electron chi connectivity index (χ4n) is 4.51. The lowest BCUT2D eigenvalue weighted by Gasteiger charge is -2.24. The number of benzene rings is 1. The van der Waals surface area contributed by atoms with E-state index in [1.54, 1.807) is 0 Å². The predicted octanol–water partition coefficient (Wildman–Crippen LogP) is 3.85. The monoisotopic (exact) mass is 376 g/mol. The Morgan fingerprint density at radius 3 is 2.93 bits per heavy atom. The minimum Gasteiger partial charge on any atom is -0.360 e. The Kier molecular flexibility index (Phi) is 4.26. The summed E-state index contributed by atoms with van der Waals surface area (Å²) in [6.07, 6.45) is 8.76. The van der Waals surface area contributed by atoms with Crippen molar-refractivity contribution in [2.24, 2.45) is 0 Å². The Hall–Kier alpha value is -2.89. The molecule has 0 saturated heterocycles. The summed E-state index contributed by atoms with van der Waals surface area (Å²) in [4.78, 5) is 12.9. The van der Waals surface area contributed by atoms with Crippen LogP contribution < -0.4 is 5.32 Å². The van der Waals surface area contributed by atoms with E-state index in [4.69, 9.17) is 4.52 Å². The van der Waals surface area contributed by atoms with Gasteiger partial charge in [0, 0.05) is 23.2 Å². The lowest BCUT2D eigenvalue weighted by molar-refractivity contribution is 0.0922. The van der Waals surface area contributed by atoms with Crippen molar-refractivity contribution in [1.82, 2.24) is 20.3 Å². The van der Waals surface area contributed by atoms with Gasteiger partial charge in [0.15, 0.2) is 5.69 Å². The van der Waals surface area contributed by atoms with Gasteiger partial charge in [-0.3, -0.25) is 4.79 Å². The zero-order valence-corrected chi connectivity index (χ0v) is 16.1. The fourth-order valence-corrected chi connectivity index (χ4v) is 4.51. The maximum absolute atomic E-state index is 12.9. The van der Waals surface area contributed by atoms with E-state index in [-0.39, 0.29) is 11.9 Å². The molecule has 1 aromatic carbocycles. The van der Waals surface area contributed by atoms with Gasteiger partial charge in [0.1, 0.15) is 5.76 Å². The van der Waals surface area contributed by atoms with Crippen molar-refractivity contribution >= 4 is 5.91 Å². The number of nitrogens with zero attached hydrogens (tertiary/aromatic N) is 3. The smallest absolute Gasteiger partial charge is 0.274 e. The molecular formula is C22H24N4O2. The van der Waals surface area contributed by atoms with Gasteiger partial charge in [-0.25, -0.2) is 4.68 Å². The van der Waals surface area contributed by atoms with Crippen LogP contribution in [-0.2, 0) is 19.3 Å². The maximum Gasteiger partial charge on any atom is 0.274 e. The van der Waals surface area contributed by atoms with E-state index in [0.29, 0.717) is 5.69 Å². The van der Waals surface area contributed by atoms with Gasteiger partial charge in [0.05, 0.1) is 17.9 Å². The summed E-state index contributed by atoms with van der Waals surface area (Å²) in [5.41, 5.74) is 6.05. The molecule has 1 N–H and O–H groups in total. The van der Waals surface area contributed by atoms with Crippen LogP contribution in [0.15, 0.2) is 35.0 Å². The molecule has 2 heterocycles. The first-order valence-electron chi connectivity index (χ1n) is 10.1. The molecule has 1 atom stereocenters. The van der Waals surface area contributed by atoms with Crippen molar-refractivity contribution in [3.63, 3.8) is 0 Å². The molecular weight excluding hydrogens is 352 g/mol. The zero-order chi connectivity index (χ0) is 19.1. The molecule has 0 radical (unpaired) electrons. The lowest BCUT2D eigenvalue weighted by atomic mass is 9.92. The number of para-hydroxylation sites is 1. The number of aromatic nitrogens is 3. The van der Waals surface area contributed by atoms with Crippen molar-refractivity contribution in [3.8, 4) is 5.69 Å². The number of carbonyl (C=O) groups excluding carboxylic acids is 1. The van der Waals surface area contributed by atoms with Crippen LogP contribution in [0.2, 0.25) is 0 Å². The van der Waals surface area contributed by atoms with Crippen LogP contribution in [-0.4, -0.2) is 20.8 Å². The van der Waals surface area contributed by atoms with Crippen molar-refractivity contribution in [1.29, 1.82) is 0 Å². The third kappa shape index (κ3) is 2.84. The maximum atomic E-state index is 12.9. The minimum absolute atomic E-state index is 0.0371. The number of rotatable bonds is 3. The summed E-state index contributed by atoms with van der Waals surface area (Å²) in [5.74, 6) is 0.751. The standard InChI is InChI=1S/C22H24N4O2/c1-14-7-2-4-10-18(14)26-19-11-6-9-17(16(19)13-23-26)24-22(27)21-15-8-3-5-12-20(15)28-25-21/h2,4,7,10,13,17H,3,5-6,8-9,11-12H2,1H3,(H,24,27). The molecule has 2 aliphatic rings. The van der Waals surface area contributed by atoms with Gasteiger partial charge in [-0.15, -0.1) is 0 Å². The van der Waals surface area contributed by atoms with Crippen LogP contribution in [0.25, 0.3) is 5.69 Å². The molecule has 1 amide bonds. The Morgan fingerprint density at radius 1 is 1.18 bits per heavy atom. The first-order chi connectivity index (χ1) is 13.7. The molecule has 0 bridgehead atoms. The second-order valence-corrected chi connectivity index (χ2v) is 7.80. The van der Waals surface area contributed by atoms with E-state index in [1.165, 1.54) is 11.3 Å². The predicted molar refractivity (Wildman–Crippen MR) is 105 cm³/mol. The third-order valence-electron chi connectivity index (χ3n) is 6.00. The molecule has 5 rings (SSSR count). The quantitative estimate of drug-likeness (QED) is 0.753. The zero-order valence-electron chi connectivity index (χ0n) is 16.1. The minimum atomic E-state index is -0.131. The number of nitrogens with one attached hydrogen (secondary N) is 1. The largest absolute Gasteiger partial charge is 0.360 e. The number of hydrogen-bond acceptors (Lipinski definition) is 4. The number of fused-ring (bicyclic) bond motifs is 2. The number of hydrogen-bond donors (Lipinski definition) is 1. The summed E-state index contributed by atoms with van der Waals surface area (Å²) in [6, 6.07) is 8.22. The molecule has 0 spiro atoms. The van der Waals surface area contributed by atoms with E-state index in [1.807, 2.05) is 23.0 Å². The highest BCUT2D eigenvalue weighted by atomic mass is 16.5. The summed E-state index contributed by atoms with van der Waals surface area (Å²) in [6.45, 7) is 2.10. The number of amides is 1. The summed E-state index contributed by atoms with van der Waals surface area (Å²) < 4.78 is 7.44. The van der Waals surface area contributed by atoms with Gasteiger partial charge in [0.25, 0.3) is 5.91 Å². The second kappa shape index (κ2) is 6.93. The summed E-state index contributed by atoms with van der Waals surface area (Å²) in [7, 11) is 0. The Labute approximate surface area is 163 Å². The molecule has 2 aromatic heterocycles. The fraction of sp³-hybridized carbons (Fsp3) is 0.409. The molecule has 6 heteroatoms. The van der Waals surface area contributed by atoms with Crippen molar-refractivity contribution in [2.45, 2.75) is 57.9 Å². The highest BCUT2D eigenvalue weighted by molar-refractivity contribution is 5.94. The van der Waals surface area contributed by atoms with Crippen molar-refractivity contribution in [2.75, 3.05) is 0 Å². The summed E-state index contributed by atoms with van der Waals surface area (Å²) in [5, 5.41) is 11.9. The van der Waals surface area contributed by atoms with Crippen LogP contribution in [0.3, 0.4) is 0 Å². The normalized spacial score (nSPS) is 18.4. The topological polar surface area (TPSA) is 73.0 Å². The van der Waals surface area contributed by atoms with E-state index in [0.717, 1.165) is 67.5 Å². The molecule has 2 aliphatic carbocycles. The molecule has 1 unspecified atom stereocenters. The highest BCUT2D eigenvalue weighted by Crippen LogP contribution is 2.32. The second-order valence-electron chi connectivity index (χ2n) is 7.80. The lowest BCUT2D eigenvalue weighted by Crippen LogP contribution is -2.32. The van der Waals surface area contributed by atoms with Gasteiger partial charge < -0.3 is 9.84 Å². The Balaban J connectivity index is 1.42. The number of carbonyl (C=O) groups is 1. The van der Waals surface area contributed by atoms with Crippen LogP contribution >= 0.6 is 0 Å². The average molecular weight is 376 g/mol. The average Bonchev–Trinajstić information content (AvgIpc) is 3.33. The molecule has 3 aromatic rings. The molecule has 6 nitrogen and oxygen atoms in total. The Morgan fingerprint density at radius 2 is 2.04 bits per heavy atom. The van der Waals surface area contributed by atoms with Crippen LogP contribution in [0.1, 0.15) is 70.4 Å². The van der Waals surface area contributed by atoms with Gasteiger partial charge in [0.2, 0.25) is 0 Å². The SMILES string of the molecule is Cc1ccccc1-n1ncc2c1CCCC2NC(=O)c1noc2c1CCCC2. The van der Waals surface area contributed by atoms with Crippen molar-refractivity contribution < 1.29 is 9.32 Å².